The van der Waals surface area contributed by atoms with Crippen LogP contribution < -0.4 is 9.62 Å². The number of hydrogen-bond donors (Lipinski definition) is 1. The van der Waals surface area contributed by atoms with Crippen molar-refractivity contribution in [3.63, 3.8) is 0 Å². The minimum atomic E-state index is -4.11. The maximum atomic E-state index is 14.0. The average Bonchev–Trinajstić information content (AvgIpc) is 2.92. The van der Waals surface area contributed by atoms with Crippen LogP contribution in [0.15, 0.2) is 83.8 Å². The number of amides is 2. The molecule has 3 aromatic rings. The van der Waals surface area contributed by atoms with Crippen LogP contribution in [0, 0.1) is 0 Å². The summed E-state index contributed by atoms with van der Waals surface area (Å²) in [7, 11) is -4.11. The van der Waals surface area contributed by atoms with Gasteiger partial charge in [0.15, 0.2) is 0 Å². The highest BCUT2D eigenvalue weighted by molar-refractivity contribution is 7.92. The number of para-hydroxylation sites is 1. The van der Waals surface area contributed by atoms with Crippen LogP contribution in [-0.2, 0) is 26.2 Å². The molecule has 0 bridgehead atoms. The van der Waals surface area contributed by atoms with Gasteiger partial charge in [0.05, 0.1) is 10.6 Å². The van der Waals surface area contributed by atoms with E-state index < -0.39 is 28.5 Å². The Balaban J connectivity index is 2.05. The van der Waals surface area contributed by atoms with E-state index in [0.717, 1.165) is 10.7 Å². The van der Waals surface area contributed by atoms with Crippen molar-refractivity contribution in [3.05, 3.63) is 94.5 Å². The Hall–Kier alpha value is -3.07. The molecule has 2 amide bonds. The number of anilines is 1. The van der Waals surface area contributed by atoms with E-state index in [9.17, 15) is 18.0 Å². The van der Waals surface area contributed by atoms with E-state index >= 15 is 0 Å². The minimum absolute atomic E-state index is 0.0464. The van der Waals surface area contributed by atoms with Crippen molar-refractivity contribution in [1.29, 1.82) is 0 Å². The lowest BCUT2D eigenvalue weighted by Crippen LogP contribution is -2.52. The summed E-state index contributed by atoms with van der Waals surface area (Å²) in [6.45, 7) is 3.58. The van der Waals surface area contributed by atoms with Crippen LogP contribution >= 0.6 is 23.2 Å². The molecule has 0 heterocycles. The van der Waals surface area contributed by atoms with E-state index in [2.05, 4.69) is 5.32 Å². The molecule has 38 heavy (non-hydrogen) atoms. The molecule has 0 saturated heterocycles. The van der Waals surface area contributed by atoms with Crippen LogP contribution in [0.3, 0.4) is 0 Å². The lowest BCUT2D eigenvalue weighted by atomic mass is 10.1. The maximum absolute atomic E-state index is 14.0. The van der Waals surface area contributed by atoms with Gasteiger partial charge in [-0.05, 0) is 49.2 Å². The number of sulfonamides is 1. The van der Waals surface area contributed by atoms with Gasteiger partial charge in [-0.3, -0.25) is 13.9 Å². The third-order valence-electron chi connectivity index (χ3n) is 5.98. The van der Waals surface area contributed by atoms with Crippen LogP contribution in [0.1, 0.15) is 32.3 Å². The fourth-order valence-electron chi connectivity index (χ4n) is 3.98. The zero-order valence-electron chi connectivity index (χ0n) is 21.3. The van der Waals surface area contributed by atoms with Gasteiger partial charge >= 0.3 is 0 Å². The molecule has 7 nitrogen and oxygen atoms in total. The molecule has 0 aliphatic rings. The lowest BCUT2D eigenvalue weighted by Gasteiger charge is -2.33. The first-order chi connectivity index (χ1) is 18.2. The molecule has 0 spiro atoms. The van der Waals surface area contributed by atoms with E-state index in [1.165, 1.54) is 17.0 Å². The SMILES string of the molecule is CCCNC(=O)[C@@H](CC)N(Cc1c(Cl)cccc1Cl)C(=O)CN(c1ccccc1)S(=O)(=O)c1ccccc1. The van der Waals surface area contributed by atoms with Gasteiger partial charge in [0.2, 0.25) is 11.8 Å². The van der Waals surface area contributed by atoms with E-state index in [0.29, 0.717) is 34.3 Å². The zero-order valence-corrected chi connectivity index (χ0v) is 23.6. The molecule has 10 heteroatoms. The fourth-order valence-corrected chi connectivity index (χ4v) is 5.93. The number of carbonyl (C=O) groups excluding carboxylic acids is 2. The molecule has 202 valence electrons. The number of halogens is 2. The van der Waals surface area contributed by atoms with E-state index in [-0.39, 0.29) is 17.3 Å². The van der Waals surface area contributed by atoms with Crippen molar-refractivity contribution in [2.75, 3.05) is 17.4 Å². The molecule has 0 aromatic heterocycles. The Morgan fingerprint density at radius 3 is 2.00 bits per heavy atom. The van der Waals surface area contributed by atoms with Gasteiger partial charge in [0, 0.05) is 28.7 Å². The maximum Gasteiger partial charge on any atom is 0.264 e. The molecule has 1 atom stereocenters. The van der Waals surface area contributed by atoms with Crippen molar-refractivity contribution in [1.82, 2.24) is 10.2 Å². The van der Waals surface area contributed by atoms with Gasteiger partial charge in [0.25, 0.3) is 10.0 Å². The van der Waals surface area contributed by atoms with Crippen LogP contribution in [0.25, 0.3) is 0 Å². The first-order valence-corrected chi connectivity index (χ1v) is 14.5. The summed E-state index contributed by atoms with van der Waals surface area (Å²) in [6, 6.07) is 20.4. The summed E-state index contributed by atoms with van der Waals surface area (Å²) in [6.07, 6.45) is 1.03. The highest BCUT2D eigenvalue weighted by Crippen LogP contribution is 2.28. The van der Waals surface area contributed by atoms with Gasteiger partial charge in [-0.15, -0.1) is 0 Å². The molecule has 3 rings (SSSR count). The number of hydrogen-bond acceptors (Lipinski definition) is 4. The molecule has 3 aromatic carbocycles. The second-order valence-electron chi connectivity index (χ2n) is 8.60. The second kappa shape index (κ2) is 13.6. The van der Waals surface area contributed by atoms with E-state index in [1.807, 2.05) is 6.92 Å². The van der Waals surface area contributed by atoms with Crippen LogP contribution in [-0.4, -0.2) is 44.3 Å². The van der Waals surface area contributed by atoms with Crippen LogP contribution in [0.5, 0.6) is 0 Å². The van der Waals surface area contributed by atoms with E-state index in [4.69, 9.17) is 23.2 Å². The first kappa shape index (κ1) is 29.5. The van der Waals surface area contributed by atoms with Crippen molar-refractivity contribution in [2.45, 2.75) is 44.2 Å². The second-order valence-corrected chi connectivity index (χ2v) is 11.3. The van der Waals surface area contributed by atoms with Crippen molar-refractivity contribution < 1.29 is 18.0 Å². The molecular formula is C28H31Cl2N3O4S. The molecular weight excluding hydrogens is 545 g/mol. The Bertz CT molecular complexity index is 1320. The molecule has 1 N–H and O–H groups in total. The third kappa shape index (κ3) is 7.07. The normalized spacial score (nSPS) is 12.0. The van der Waals surface area contributed by atoms with Gasteiger partial charge in [-0.25, -0.2) is 8.42 Å². The van der Waals surface area contributed by atoms with Gasteiger partial charge in [0.1, 0.15) is 12.6 Å². The van der Waals surface area contributed by atoms with Gasteiger partial charge in [-0.1, -0.05) is 79.5 Å². The molecule has 0 radical (unpaired) electrons. The summed E-state index contributed by atoms with van der Waals surface area (Å²) in [4.78, 5) is 28.5. The monoisotopic (exact) mass is 575 g/mol. The minimum Gasteiger partial charge on any atom is -0.354 e. The molecule has 0 aliphatic heterocycles. The summed E-state index contributed by atoms with van der Waals surface area (Å²) in [5, 5.41) is 3.53. The summed E-state index contributed by atoms with van der Waals surface area (Å²) < 4.78 is 28.5. The third-order valence-corrected chi connectivity index (χ3v) is 8.48. The van der Waals surface area contributed by atoms with E-state index in [1.54, 1.807) is 73.7 Å². The number of rotatable bonds is 12. The number of nitrogens with one attached hydrogen (secondary N) is 1. The van der Waals surface area contributed by atoms with Crippen LogP contribution in [0.2, 0.25) is 10.0 Å². The van der Waals surface area contributed by atoms with Crippen LogP contribution in [0.4, 0.5) is 5.69 Å². The highest BCUT2D eigenvalue weighted by atomic mass is 35.5. The number of benzene rings is 3. The topological polar surface area (TPSA) is 86.8 Å². The van der Waals surface area contributed by atoms with Crippen molar-refractivity contribution >= 4 is 50.7 Å². The van der Waals surface area contributed by atoms with Crippen molar-refractivity contribution in [3.8, 4) is 0 Å². The fraction of sp³-hybridized carbons (Fsp3) is 0.286. The number of nitrogens with zero attached hydrogens (tertiary/aromatic N) is 2. The predicted molar refractivity (Wildman–Crippen MR) is 152 cm³/mol. The Morgan fingerprint density at radius 1 is 0.868 bits per heavy atom. The largest absolute Gasteiger partial charge is 0.354 e. The molecule has 0 fully saturated rings. The summed E-state index contributed by atoms with van der Waals surface area (Å²) in [5.74, 6) is -0.897. The molecule has 0 aliphatic carbocycles. The standard InChI is InChI=1S/C28H31Cl2N3O4S/c1-3-18-31-28(35)26(4-2)32(19-23-24(29)16-11-17-25(23)30)27(34)20-33(21-12-7-5-8-13-21)38(36,37)22-14-9-6-10-15-22/h5-17,26H,3-4,18-20H2,1-2H3,(H,31,35)/t26-/m1/s1. The molecule has 0 saturated carbocycles. The number of carbonyl (C=O) groups is 2. The lowest BCUT2D eigenvalue weighted by molar-refractivity contribution is -0.140. The average molecular weight is 577 g/mol. The Kier molecular flexibility index (Phi) is 10.6. The van der Waals surface area contributed by atoms with Crippen molar-refractivity contribution in [2.24, 2.45) is 0 Å². The molecule has 0 unspecified atom stereocenters. The first-order valence-electron chi connectivity index (χ1n) is 12.3. The summed E-state index contributed by atoms with van der Waals surface area (Å²) in [5.41, 5.74) is 0.798. The quantitative estimate of drug-likeness (QED) is 0.308. The Labute approximate surface area is 234 Å². The van der Waals surface area contributed by atoms with Gasteiger partial charge in [-0.2, -0.15) is 0 Å². The predicted octanol–water partition coefficient (Wildman–Crippen LogP) is 5.52. The van der Waals surface area contributed by atoms with Gasteiger partial charge < -0.3 is 10.2 Å². The highest BCUT2D eigenvalue weighted by Gasteiger charge is 2.34. The summed E-state index contributed by atoms with van der Waals surface area (Å²) >= 11 is 12.8. The zero-order chi connectivity index (χ0) is 27.7. The smallest absolute Gasteiger partial charge is 0.264 e. The Morgan fingerprint density at radius 2 is 1.45 bits per heavy atom.